The van der Waals surface area contributed by atoms with E-state index in [1.807, 2.05) is 6.08 Å². The van der Waals surface area contributed by atoms with Gasteiger partial charge in [-0.2, -0.15) is 23.5 Å². The monoisotopic (exact) mass is 615 g/mol. The zero-order chi connectivity index (χ0) is 31.9. The first kappa shape index (κ1) is 30.0. The summed E-state index contributed by atoms with van der Waals surface area (Å²) in [5.41, 5.74) is 12.4. The molecule has 1 saturated carbocycles. The van der Waals surface area contributed by atoms with Crippen LogP contribution in [-0.4, -0.2) is 21.5 Å². The fourth-order valence-corrected chi connectivity index (χ4v) is 5.69. The van der Waals surface area contributed by atoms with E-state index >= 15 is 4.39 Å². The molecule has 230 valence electrons. The molecule has 0 spiro atoms. The van der Waals surface area contributed by atoms with Crippen molar-refractivity contribution in [3.63, 3.8) is 0 Å². The summed E-state index contributed by atoms with van der Waals surface area (Å²) in [4.78, 5) is 17.6. The second-order valence-corrected chi connectivity index (χ2v) is 11.5. The van der Waals surface area contributed by atoms with E-state index in [1.165, 1.54) is 18.2 Å². The second-order valence-electron chi connectivity index (χ2n) is 11.5. The molecule has 0 radical (unpaired) electrons. The second kappa shape index (κ2) is 11.5. The summed E-state index contributed by atoms with van der Waals surface area (Å²) in [6.45, 7) is 0. The van der Waals surface area contributed by atoms with Crippen molar-refractivity contribution in [2.24, 2.45) is 28.3 Å². The molecule has 3 aromatic rings. The number of anilines is 1. The van der Waals surface area contributed by atoms with Gasteiger partial charge in [0.05, 0.1) is 28.6 Å². The Morgan fingerprint density at radius 3 is 2.53 bits per heavy atom. The number of benzene rings is 2. The van der Waals surface area contributed by atoms with E-state index in [4.69, 9.17) is 11.5 Å². The summed E-state index contributed by atoms with van der Waals surface area (Å²) in [6, 6.07) is 13.6. The normalized spacial score (nSPS) is 19.0. The Morgan fingerprint density at radius 2 is 1.84 bits per heavy atom. The minimum atomic E-state index is -4.84. The fourth-order valence-electron chi connectivity index (χ4n) is 5.69. The summed E-state index contributed by atoms with van der Waals surface area (Å²) in [5.74, 6) is -1.14. The number of nitriles is 1. The van der Waals surface area contributed by atoms with Crippen molar-refractivity contribution < 1.29 is 22.4 Å². The van der Waals surface area contributed by atoms with E-state index in [0.29, 0.717) is 47.1 Å². The molecule has 45 heavy (non-hydrogen) atoms. The summed E-state index contributed by atoms with van der Waals surface area (Å²) in [6.07, 6.45) is 5.70. The molecule has 2 atom stereocenters. The van der Waals surface area contributed by atoms with Crippen molar-refractivity contribution in [1.82, 2.24) is 9.78 Å². The standard InChI is InChI=1S/C33H29F4N7O/c34-26-10-8-23(32(40,13-11-19-1-2-19)22-6-3-20(18-38)4-7-22)15-27(26)42-31(45)28-17-29(33(35,36)37)43-44(28)24-9-5-21-12-14-41-30(39)25(21)16-24/h3-4,6-10,12,14-17,19,21H,1-2,5,11,13,40H2,(H2,39,41)(H,42,45). The molecule has 2 heterocycles. The fraction of sp³-hybridized carbons (Fsp3) is 0.273. The molecule has 1 aromatic heterocycles. The Labute approximate surface area is 256 Å². The van der Waals surface area contributed by atoms with Crippen molar-refractivity contribution in [3.05, 3.63) is 112 Å². The van der Waals surface area contributed by atoms with Gasteiger partial charge in [0.2, 0.25) is 0 Å². The third-order valence-corrected chi connectivity index (χ3v) is 8.49. The number of carbonyl (C=O) groups is 1. The number of hydrogen-bond donors (Lipinski definition) is 3. The van der Waals surface area contributed by atoms with Gasteiger partial charge < -0.3 is 16.8 Å². The predicted molar refractivity (Wildman–Crippen MR) is 161 cm³/mol. The van der Waals surface area contributed by atoms with Crippen molar-refractivity contribution in [1.29, 1.82) is 5.26 Å². The molecule has 6 rings (SSSR count). The van der Waals surface area contributed by atoms with Crippen LogP contribution in [0.25, 0.3) is 5.70 Å². The maximum absolute atomic E-state index is 15.2. The van der Waals surface area contributed by atoms with Crippen LogP contribution in [0, 0.1) is 29.0 Å². The van der Waals surface area contributed by atoms with Gasteiger partial charge in [0.25, 0.3) is 5.91 Å². The lowest BCUT2D eigenvalue weighted by Gasteiger charge is -2.31. The third kappa shape index (κ3) is 6.04. The highest BCUT2D eigenvalue weighted by Crippen LogP contribution is 2.41. The van der Waals surface area contributed by atoms with Crippen LogP contribution in [0.2, 0.25) is 0 Å². The third-order valence-electron chi connectivity index (χ3n) is 8.49. The van der Waals surface area contributed by atoms with Crippen LogP contribution in [0.3, 0.4) is 0 Å². The maximum atomic E-state index is 15.2. The lowest BCUT2D eigenvalue weighted by Crippen LogP contribution is -2.38. The van der Waals surface area contributed by atoms with Crippen LogP contribution in [0.1, 0.15) is 65.0 Å². The number of halogens is 4. The first-order valence-electron chi connectivity index (χ1n) is 14.5. The van der Waals surface area contributed by atoms with Crippen LogP contribution in [-0.2, 0) is 11.7 Å². The number of fused-ring (bicyclic) bond motifs is 1. The van der Waals surface area contributed by atoms with Crippen molar-refractivity contribution in [2.75, 3.05) is 5.32 Å². The molecule has 1 amide bonds. The molecule has 1 fully saturated rings. The molecule has 12 heteroatoms. The Bertz CT molecular complexity index is 1820. The number of amidine groups is 1. The Kier molecular flexibility index (Phi) is 7.66. The summed E-state index contributed by atoms with van der Waals surface area (Å²) in [5, 5.41) is 15.4. The average molecular weight is 616 g/mol. The summed E-state index contributed by atoms with van der Waals surface area (Å²) in [7, 11) is 0. The minimum Gasteiger partial charge on any atom is -0.383 e. The van der Waals surface area contributed by atoms with Gasteiger partial charge in [-0.15, -0.1) is 0 Å². The number of alkyl halides is 3. The van der Waals surface area contributed by atoms with E-state index in [0.717, 1.165) is 23.9 Å². The van der Waals surface area contributed by atoms with E-state index in [-0.39, 0.29) is 23.1 Å². The lowest BCUT2D eigenvalue weighted by molar-refractivity contribution is -0.141. The number of aromatic nitrogens is 2. The average Bonchev–Trinajstić information content (AvgIpc) is 3.75. The molecular formula is C33H29F4N7O. The van der Waals surface area contributed by atoms with E-state index < -0.39 is 34.8 Å². The number of hydrogen-bond acceptors (Lipinski definition) is 6. The quantitative estimate of drug-likeness (QED) is 0.258. The zero-order valence-electron chi connectivity index (χ0n) is 24.0. The van der Waals surface area contributed by atoms with Gasteiger partial charge in [-0.25, -0.2) is 14.1 Å². The number of amides is 1. The maximum Gasteiger partial charge on any atom is 0.435 e. The molecular weight excluding hydrogens is 586 g/mol. The first-order valence-corrected chi connectivity index (χ1v) is 14.5. The largest absolute Gasteiger partial charge is 0.435 e. The molecule has 5 N–H and O–H groups in total. The predicted octanol–water partition coefficient (Wildman–Crippen LogP) is 6.23. The van der Waals surface area contributed by atoms with E-state index in [9.17, 15) is 23.2 Å². The van der Waals surface area contributed by atoms with Gasteiger partial charge in [0.15, 0.2) is 5.69 Å². The number of allylic oxidation sites excluding steroid dienone is 4. The number of nitrogens with two attached hydrogens (primary N) is 2. The molecule has 2 aliphatic carbocycles. The molecule has 3 aliphatic rings. The number of aliphatic imine (C=N–C) groups is 1. The highest BCUT2D eigenvalue weighted by atomic mass is 19.4. The number of carbonyl (C=O) groups excluding carboxylic acids is 1. The van der Waals surface area contributed by atoms with E-state index in [1.54, 1.807) is 42.6 Å². The highest BCUT2D eigenvalue weighted by Gasteiger charge is 2.37. The van der Waals surface area contributed by atoms with Gasteiger partial charge in [0.1, 0.15) is 17.3 Å². The van der Waals surface area contributed by atoms with Gasteiger partial charge >= 0.3 is 6.18 Å². The molecule has 1 aliphatic heterocycles. The molecule has 2 aromatic carbocycles. The lowest BCUT2D eigenvalue weighted by atomic mass is 9.79. The minimum absolute atomic E-state index is 0.106. The Balaban J connectivity index is 1.35. The van der Waals surface area contributed by atoms with Gasteiger partial charge in [-0.3, -0.25) is 4.79 Å². The Hall–Kier alpha value is -5.02. The molecule has 0 bridgehead atoms. The highest BCUT2D eigenvalue weighted by molar-refractivity contribution is 6.05. The SMILES string of the molecule is N#Cc1ccc(C(N)(CCC2CC2)c2ccc(F)c(NC(=O)c3cc(C(F)(F)F)nn3C3=CCC4C=CN=C(N)C4=C3)c2)cc1. The zero-order valence-corrected chi connectivity index (χ0v) is 24.0. The first-order chi connectivity index (χ1) is 21.5. The van der Waals surface area contributed by atoms with Crippen LogP contribution >= 0.6 is 0 Å². The number of rotatable bonds is 8. The Morgan fingerprint density at radius 1 is 1.11 bits per heavy atom. The molecule has 0 saturated heterocycles. The summed E-state index contributed by atoms with van der Waals surface area (Å²) >= 11 is 0. The van der Waals surface area contributed by atoms with Gasteiger partial charge in [-0.05, 0) is 66.6 Å². The van der Waals surface area contributed by atoms with Crippen molar-refractivity contribution >= 4 is 23.1 Å². The van der Waals surface area contributed by atoms with Crippen molar-refractivity contribution in [3.8, 4) is 6.07 Å². The van der Waals surface area contributed by atoms with Crippen LogP contribution in [0.15, 0.2) is 83.5 Å². The molecule has 2 unspecified atom stereocenters. The number of nitrogens with zero attached hydrogens (tertiary/aromatic N) is 4. The smallest absolute Gasteiger partial charge is 0.383 e. The van der Waals surface area contributed by atoms with E-state index in [2.05, 4.69) is 21.5 Å². The number of nitrogens with one attached hydrogen (secondary N) is 1. The topological polar surface area (TPSA) is 135 Å². The van der Waals surface area contributed by atoms with Crippen molar-refractivity contribution in [2.45, 2.75) is 43.8 Å². The molecule has 8 nitrogen and oxygen atoms in total. The van der Waals surface area contributed by atoms with Crippen LogP contribution < -0.4 is 16.8 Å². The van der Waals surface area contributed by atoms with Gasteiger partial charge in [-0.1, -0.05) is 43.2 Å². The van der Waals surface area contributed by atoms with Gasteiger partial charge in [0, 0.05) is 23.8 Å². The summed E-state index contributed by atoms with van der Waals surface area (Å²) < 4.78 is 57.4. The van der Waals surface area contributed by atoms with Crippen LogP contribution in [0.4, 0.5) is 23.2 Å². The van der Waals surface area contributed by atoms with Crippen LogP contribution in [0.5, 0.6) is 0 Å².